The fraction of sp³-hybridized carbons (Fsp3) is 0.400. The van der Waals surface area contributed by atoms with Crippen LogP contribution in [-0.4, -0.2) is 67.2 Å². The molecule has 1 fully saturated rings. The maximum atomic E-state index is 12.8. The molecule has 0 aromatic heterocycles. The summed E-state index contributed by atoms with van der Waals surface area (Å²) in [5, 5.41) is 0. The van der Waals surface area contributed by atoms with E-state index in [1.807, 2.05) is 32.9 Å². The maximum absolute atomic E-state index is 12.8. The van der Waals surface area contributed by atoms with Crippen LogP contribution in [0.25, 0.3) is 0 Å². The van der Waals surface area contributed by atoms with Crippen LogP contribution >= 0.6 is 0 Å². The highest BCUT2D eigenvalue weighted by Crippen LogP contribution is 2.25. The maximum Gasteiger partial charge on any atom is 0.513 e. The molecule has 2 aromatic carbocycles. The molecule has 0 N–H and O–H groups in total. The first-order valence-corrected chi connectivity index (χ1v) is 11.0. The Labute approximate surface area is 194 Å². The first-order chi connectivity index (χ1) is 15.8. The molecule has 0 aliphatic carbocycles. The van der Waals surface area contributed by atoms with Crippen LogP contribution in [0.2, 0.25) is 0 Å². The van der Waals surface area contributed by atoms with Gasteiger partial charge < -0.3 is 24.0 Å². The van der Waals surface area contributed by atoms with Gasteiger partial charge >= 0.3 is 6.16 Å². The van der Waals surface area contributed by atoms with Gasteiger partial charge in [0.25, 0.3) is 11.8 Å². The summed E-state index contributed by atoms with van der Waals surface area (Å²) in [5.74, 6) is 0.835. The second-order valence-electron chi connectivity index (χ2n) is 7.92. The van der Waals surface area contributed by atoms with E-state index in [0.717, 1.165) is 22.4 Å². The van der Waals surface area contributed by atoms with Crippen LogP contribution in [0.15, 0.2) is 36.4 Å². The van der Waals surface area contributed by atoms with E-state index in [9.17, 15) is 14.4 Å². The third-order valence-corrected chi connectivity index (χ3v) is 5.70. The summed E-state index contributed by atoms with van der Waals surface area (Å²) < 4.78 is 15.6. The van der Waals surface area contributed by atoms with Crippen molar-refractivity contribution in [1.29, 1.82) is 0 Å². The Morgan fingerprint density at radius 1 is 0.848 bits per heavy atom. The average molecular weight is 455 g/mol. The second-order valence-corrected chi connectivity index (χ2v) is 7.92. The summed E-state index contributed by atoms with van der Waals surface area (Å²) in [6.45, 7) is 9.63. The SMILES string of the molecule is CCOC(=O)Oc1ccc(C(=O)N2CCN(C(=O)COc3c(C)ccc(C)c3C)CC2)cc1. The quantitative estimate of drug-likeness (QED) is 0.491. The largest absolute Gasteiger partial charge is 0.513 e. The first-order valence-electron chi connectivity index (χ1n) is 11.0. The lowest BCUT2D eigenvalue weighted by molar-refractivity contribution is -0.134. The molecule has 1 aliphatic heterocycles. The summed E-state index contributed by atoms with van der Waals surface area (Å²) >= 11 is 0. The highest BCUT2D eigenvalue weighted by atomic mass is 16.7. The molecule has 2 aromatic rings. The smallest absolute Gasteiger partial charge is 0.483 e. The lowest BCUT2D eigenvalue weighted by Crippen LogP contribution is -2.51. The monoisotopic (exact) mass is 454 g/mol. The number of carbonyl (C=O) groups excluding carboxylic acids is 3. The van der Waals surface area contributed by atoms with Crippen molar-refractivity contribution >= 4 is 18.0 Å². The number of piperazine rings is 1. The van der Waals surface area contributed by atoms with E-state index in [2.05, 4.69) is 0 Å². The Bertz CT molecular complexity index is 1010. The minimum atomic E-state index is -0.783. The number of benzene rings is 2. The van der Waals surface area contributed by atoms with Gasteiger partial charge in [0.15, 0.2) is 6.61 Å². The number of amides is 2. The molecular weight excluding hydrogens is 424 g/mol. The van der Waals surface area contributed by atoms with Gasteiger partial charge in [0, 0.05) is 31.7 Å². The fourth-order valence-electron chi connectivity index (χ4n) is 3.62. The van der Waals surface area contributed by atoms with Crippen LogP contribution in [0.4, 0.5) is 4.79 Å². The Balaban J connectivity index is 1.50. The van der Waals surface area contributed by atoms with Gasteiger partial charge in [-0.05, 0) is 68.7 Å². The molecule has 0 unspecified atom stereocenters. The average Bonchev–Trinajstić information content (AvgIpc) is 2.81. The van der Waals surface area contributed by atoms with E-state index in [1.54, 1.807) is 41.0 Å². The highest BCUT2D eigenvalue weighted by molar-refractivity contribution is 5.94. The van der Waals surface area contributed by atoms with Crippen molar-refractivity contribution in [3.8, 4) is 11.5 Å². The van der Waals surface area contributed by atoms with Crippen LogP contribution < -0.4 is 9.47 Å². The minimum absolute atomic E-state index is 0.0268. The van der Waals surface area contributed by atoms with Crippen LogP contribution in [0.3, 0.4) is 0 Å². The zero-order chi connectivity index (χ0) is 24.0. The van der Waals surface area contributed by atoms with Crippen LogP contribution in [0.1, 0.15) is 34.0 Å². The molecule has 2 amide bonds. The number of hydrogen-bond acceptors (Lipinski definition) is 6. The van der Waals surface area contributed by atoms with Crippen molar-refractivity contribution in [2.75, 3.05) is 39.4 Å². The van der Waals surface area contributed by atoms with Gasteiger partial charge in [-0.3, -0.25) is 9.59 Å². The highest BCUT2D eigenvalue weighted by Gasteiger charge is 2.25. The van der Waals surface area contributed by atoms with Crippen molar-refractivity contribution in [1.82, 2.24) is 9.80 Å². The Morgan fingerprint density at radius 2 is 1.45 bits per heavy atom. The fourth-order valence-corrected chi connectivity index (χ4v) is 3.62. The zero-order valence-electron chi connectivity index (χ0n) is 19.6. The van der Waals surface area contributed by atoms with E-state index in [-0.39, 0.29) is 25.0 Å². The molecule has 176 valence electrons. The van der Waals surface area contributed by atoms with Crippen molar-refractivity contribution in [3.63, 3.8) is 0 Å². The summed E-state index contributed by atoms with van der Waals surface area (Å²) in [6.07, 6.45) is -0.783. The second kappa shape index (κ2) is 10.8. The first kappa shape index (κ1) is 24.1. The molecule has 3 rings (SSSR count). The third kappa shape index (κ3) is 6.03. The van der Waals surface area contributed by atoms with Gasteiger partial charge in [-0.15, -0.1) is 0 Å². The summed E-state index contributed by atoms with van der Waals surface area (Å²) in [6, 6.07) is 10.3. The molecule has 1 saturated heterocycles. The Morgan fingerprint density at radius 3 is 2.09 bits per heavy atom. The predicted octanol–water partition coefficient (Wildman–Crippen LogP) is 3.51. The topological polar surface area (TPSA) is 85.4 Å². The molecule has 0 radical (unpaired) electrons. The van der Waals surface area contributed by atoms with Crippen molar-refractivity contribution in [2.45, 2.75) is 27.7 Å². The lowest BCUT2D eigenvalue weighted by atomic mass is 10.1. The molecular formula is C25H30N2O6. The molecule has 0 atom stereocenters. The lowest BCUT2D eigenvalue weighted by Gasteiger charge is -2.34. The number of carbonyl (C=O) groups is 3. The van der Waals surface area contributed by atoms with Crippen LogP contribution in [-0.2, 0) is 9.53 Å². The van der Waals surface area contributed by atoms with Crippen LogP contribution in [0, 0.1) is 20.8 Å². The Kier molecular flexibility index (Phi) is 7.92. The van der Waals surface area contributed by atoms with E-state index in [1.165, 1.54) is 0 Å². The van der Waals surface area contributed by atoms with Gasteiger partial charge in [-0.1, -0.05) is 12.1 Å². The molecule has 1 aliphatic rings. The van der Waals surface area contributed by atoms with Gasteiger partial charge in [0.05, 0.1) is 6.61 Å². The van der Waals surface area contributed by atoms with Crippen molar-refractivity contribution < 1.29 is 28.6 Å². The summed E-state index contributed by atoms with van der Waals surface area (Å²) in [5.41, 5.74) is 3.65. The van der Waals surface area contributed by atoms with E-state index < -0.39 is 6.16 Å². The minimum Gasteiger partial charge on any atom is -0.483 e. The molecule has 0 saturated carbocycles. The number of aryl methyl sites for hydroxylation is 2. The van der Waals surface area contributed by atoms with Crippen LogP contribution in [0.5, 0.6) is 11.5 Å². The number of nitrogens with zero attached hydrogens (tertiary/aromatic N) is 2. The predicted molar refractivity (Wildman–Crippen MR) is 123 cm³/mol. The van der Waals surface area contributed by atoms with Gasteiger partial charge in [0.1, 0.15) is 11.5 Å². The number of ether oxygens (including phenoxy) is 3. The zero-order valence-corrected chi connectivity index (χ0v) is 19.6. The molecule has 0 spiro atoms. The molecule has 0 bridgehead atoms. The summed E-state index contributed by atoms with van der Waals surface area (Å²) in [7, 11) is 0. The standard InChI is InChI=1S/C25H30N2O6/c1-5-31-25(30)33-21-10-8-20(9-11-21)24(29)27-14-12-26(13-15-27)22(28)16-32-23-18(3)7-6-17(2)19(23)4/h6-11H,5,12-16H2,1-4H3. The summed E-state index contributed by atoms with van der Waals surface area (Å²) in [4.78, 5) is 40.2. The van der Waals surface area contributed by atoms with Gasteiger partial charge in [0.2, 0.25) is 0 Å². The van der Waals surface area contributed by atoms with E-state index in [4.69, 9.17) is 14.2 Å². The number of rotatable bonds is 6. The third-order valence-electron chi connectivity index (χ3n) is 5.70. The van der Waals surface area contributed by atoms with Gasteiger partial charge in [-0.25, -0.2) is 4.79 Å². The van der Waals surface area contributed by atoms with Crippen molar-refractivity contribution in [2.24, 2.45) is 0 Å². The van der Waals surface area contributed by atoms with E-state index >= 15 is 0 Å². The normalized spacial score (nSPS) is 13.5. The molecule has 8 heteroatoms. The van der Waals surface area contributed by atoms with Gasteiger partial charge in [-0.2, -0.15) is 0 Å². The molecule has 33 heavy (non-hydrogen) atoms. The Hall–Kier alpha value is -3.55. The number of hydrogen-bond donors (Lipinski definition) is 0. The van der Waals surface area contributed by atoms with E-state index in [0.29, 0.717) is 37.5 Å². The molecule has 8 nitrogen and oxygen atoms in total. The van der Waals surface area contributed by atoms with Crippen molar-refractivity contribution in [3.05, 3.63) is 58.7 Å². The molecule has 1 heterocycles.